The van der Waals surface area contributed by atoms with E-state index in [4.69, 9.17) is 9.47 Å². The van der Waals surface area contributed by atoms with Crippen LogP contribution in [-0.4, -0.2) is 54.0 Å². The predicted octanol–water partition coefficient (Wildman–Crippen LogP) is 2.08. The van der Waals surface area contributed by atoms with Crippen molar-refractivity contribution in [2.24, 2.45) is 0 Å². The second kappa shape index (κ2) is 8.81. The van der Waals surface area contributed by atoms with E-state index in [0.717, 1.165) is 0 Å². The van der Waals surface area contributed by atoms with Crippen LogP contribution in [0.5, 0.6) is 0 Å². The number of ether oxygens (including phenoxy) is 2. The van der Waals surface area contributed by atoms with Crippen molar-refractivity contribution in [3.8, 4) is 0 Å². The fraction of sp³-hybridized carbons (Fsp3) is 0.318. The number of carbonyl (C=O) groups is 1. The monoisotopic (exact) mass is 457 g/mol. The first kappa shape index (κ1) is 22.1. The normalized spacial score (nSPS) is 19.7. The molecule has 0 spiro atoms. The number of fused-ring (bicyclic) bond motifs is 1. The summed E-state index contributed by atoms with van der Waals surface area (Å²) in [6, 6.07) is 12.4. The number of benzene rings is 2. The third-order valence-corrected chi connectivity index (χ3v) is 6.96. The third-order valence-electron chi connectivity index (χ3n) is 5.12. The van der Waals surface area contributed by atoms with Gasteiger partial charge >= 0.3 is 5.97 Å². The van der Waals surface area contributed by atoms with Gasteiger partial charge in [0.2, 0.25) is 10.0 Å². The molecule has 0 aliphatic carbocycles. The lowest BCUT2D eigenvalue weighted by Gasteiger charge is -2.34. The highest BCUT2D eigenvalue weighted by atomic mass is 32.2. The first-order valence-electron chi connectivity index (χ1n) is 10.1. The molecule has 1 N–H and O–H groups in total. The van der Waals surface area contributed by atoms with Gasteiger partial charge in [-0.3, -0.25) is 4.79 Å². The molecule has 1 aromatic heterocycles. The van der Waals surface area contributed by atoms with Crippen LogP contribution >= 0.6 is 0 Å². The number of morpholine rings is 1. The largest absolute Gasteiger partial charge is 0.454 e. The quantitative estimate of drug-likeness (QED) is 0.583. The fourth-order valence-electron chi connectivity index (χ4n) is 3.66. The molecule has 1 aliphatic heterocycles. The van der Waals surface area contributed by atoms with Gasteiger partial charge in [0.25, 0.3) is 5.56 Å². The molecule has 3 aromatic rings. The molecular weight excluding hydrogens is 434 g/mol. The van der Waals surface area contributed by atoms with Crippen LogP contribution in [0.3, 0.4) is 0 Å². The number of hydrogen-bond acceptors (Lipinski definition) is 7. The van der Waals surface area contributed by atoms with E-state index >= 15 is 0 Å². The van der Waals surface area contributed by atoms with Gasteiger partial charge in [-0.25, -0.2) is 18.2 Å². The highest BCUT2D eigenvalue weighted by Gasteiger charge is 2.32. The second-order valence-corrected chi connectivity index (χ2v) is 9.65. The third kappa shape index (κ3) is 4.57. The van der Waals surface area contributed by atoms with Crippen LogP contribution in [0.1, 0.15) is 30.0 Å². The van der Waals surface area contributed by atoms with Gasteiger partial charge in [-0.2, -0.15) is 4.31 Å². The van der Waals surface area contributed by atoms with Crippen LogP contribution in [0.2, 0.25) is 0 Å². The molecule has 2 aromatic carbocycles. The molecule has 1 aliphatic rings. The van der Waals surface area contributed by atoms with Gasteiger partial charge in [0.1, 0.15) is 12.4 Å². The van der Waals surface area contributed by atoms with Crippen LogP contribution in [0.25, 0.3) is 10.9 Å². The summed E-state index contributed by atoms with van der Waals surface area (Å²) in [5.41, 5.74) is 0.377. The van der Waals surface area contributed by atoms with Gasteiger partial charge in [0.15, 0.2) is 0 Å². The van der Waals surface area contributed by atoms with E-state index < -0.39 is 16.0 Å². The molecule has 32 heavy (non-hydrogen) atoms. The lowest BCUT2D eigenvalue weighted by atomic mass is 10.2. The highest BCUT2D eigenvalue weighted by Crippen LogP contribution is 2.21. The maximum atomic E-state index is 12.9. The number of H-pyrrole nitrogens is 1. The number of esters is 1. The average molecular weight is 458 g/mol. The highest BCUT2D eigenvalue weighted by molar-refractivity contribution is 7.89. The summed E-state index contributed by atoms with van der Waals surface area (Å²) in [5, 5.41) is 0.448. The Hall–Kier alpha value is -3.08. The smallest absolute Gasteiger partial charge is 0.338 e. The average Bonchev–Trinajstić information content (AvgIpc) is 2.77. The van der Waals surface area contributed by atoms with E-state index in [-0.39, 0.29) is 53.7 Å². The maximum absolute atomic E-state index is 12.9. The molecule has 4 rings (SSSR count). The van der Waals surface area contributed by atoms with Crippen LogP contribution in [0, 0.1) is 0 Å². The molecule has 2 atom stereocenters. The summed E-state index contributed by atoms with van der Waals surface area (Å²) < 4.78 is 38.1. The van der Waals surface area contributed by atoms with E-state index in [2.05, 4.69) is 9.97 Å². The number of rotatable bonds is 5. The van der Waals surface area contributed by atoms with Gasteiger partial charge in [0.05, 0.1) is 33.6 Å². The van der Waals surface area contributed by atoms with Crippen molar-refractivity contribution in [1.82, 2.24) is 14.3 Å². The van der Waals surface area contributed by atoms with Crippen molar-refractivity contribution in [3.63, 3.8) is 0 Å². The molecule has 1 fully saturated rings. The minimum absolute atomic E-state index is 0.0934. The Balaban J connectivity index is 1.45. The number of nitrogens with zero attached hydrogens (tertiary/aromatic N) is 2. The molecule has 168 valence electrons. The van der Waals surface area contributed by atoms with Crippen molar-refractivity contribution < 1.29 is 22.7 Å². The van der Waals surface area contributed by atoms with Gasteiger partial charge in [-0.15, -0.1) is 0 Å². The Morgan fingerprint density at radius 1 is 1.12 bits per heavy atom. The summed E-state index contributed by atoms with van der Waals surface area (Å²) in [6.45, 7) is 3.98. The van der Waals surface area contributed by atoms with Crippen LogP contribution in [0.4, 0.5) is 0 Å². The van der Waals surface area contributed by atoms with Gasteiger partial charge in [-0.1, -0.05) is 12.1 Å². The van der Waals surface area contributed by atoms with Gasteiger partial charge in [-0.05, 0) is 50.2 Å². The van der Waals surface area contributed by atoms with Crippen LogP contribution < -0.4 is 5.56 Å². The lowest BCUT2D eigenvalue weighted by Crippen LogP contribution is -2.48. The Morgan fingerprint density at radius 3 is 2.47 bits per heavy atom. The van der Waals surface area contributed by atoms with E-state index in [0.29, 0.717) is 10.9 Å². The van der Waals surface area contributed by atoms with E-state index in [1.54, 1.807) is 24.3 Å². The first-order chi connectivity index (χ1) is 15.2. The number of aromatic nitrogens is 2. The Kier molecular flexibility index (Phi) is 6.09. The van der Waals surface area contributed by atoms with Crippen molar-refractivity contribution in [1.29, 1.82) is 0 Å². The predicted molar refractivity (Wildman–Crippen MR) is 117 cm³/mol. The maximum Gasteiger partial charge on any atom is 0.338 e. The number of aromatic amines is 1. The second-order valence-electron chi connectivity index (χ2n) is 7.71. The molecular formula is C22H23N3O6S. The Bertz CT molecular complexity index is 1290. The molecule has 0 amide bonds. The lowest BCUT2D eigenvalue weighted by molar-refractivity contribution is -0.0440. The summed E-state index contributed by atoms with van der Waals surface area (Å²) >= 11 is 0. The number of sulfonamides is 1. The molecule has 0 saturated carbocycles. The summed E-state index contributed by atoms with van der Waals surface area (Å²) in [6.07, 6.45) is -0.393. The van der Waals surface area contributed by atoms with Crippen molar-refractivity contribution in [3.05, 3.63) is 70.3 Å². The van der Waals surface area contributed by atoms with Gasteiger partial charge < -0.3 is 14.5 Å². The Labute approximate surface area is 185 Å². The molecule has 1 saturated heterocycles. The van der Waals surface area contributed by atoms with E-state index in [1.807, 2.05) is 13.8 Å². The minimum Gasteiger partial charge on any atom is -0.454 e. The molecule has 0 bridgehead atoms. The zero-order valence-corrected chi connectivity index (χ0v) is 18.5. The summed E-state index contributed by atoms with van der Waals surface area (Å²) in [7, 11) is -3.70. The standard InChI is InChI=1S/C22H23N3O6S/c1-14-11-25(12-15(2)31-14)32(28,29)17-9-7-16(8-10-17)22(27)30-13-20-23-19-6-4-3-5-18(19)21(26)24-20/h3-10,14-15H,11-13H2,1-2H3,(H,23,24,26). The van der Waals surface area contributed by atoms with Crippen molar-refractivity contribution in [2.75, 3.05) is 13.1 Å². The summed E-state index contributed by atoms with van der Waals surface area (Å²) in [4.78, 5) is 31.5. The SMILES string of the molecule is CC1CN(S(=O)(=O)c2ccc(C(=O)OCc3nc4ccccc4c(=O)[nH]3)cc2)CC(C)O1. The van der Waals surface area contributed by atoms with Gasteiger partial charge in [0, 0.05) is 13.1 Å². The van der Waals surface area contributed by atoms with Crippen molar-refractivity contribution >= 4 is 26.9 Å². The number of nitrogens with one attached hydrogen (secondary N) is 1. The molecule has 0 radical (unpaired) electrons. The zero-order valence-electron chi connectivity index (χ0n) is 17.6. The van der Waals surface area contributed by atoms with Crippen LogP contribution in [-0.2, 0) is 26.1 Å². The number of carbonyl (C=O) groups excluding carboxylic acids is 1. The molecule has 2 unspecified atom stereocenters. The topological polar surface area (TPSA) is 119 Å². The van der Waals surface area contributed by atoms with E-state index in [9.17, 15) is 18.0 Å². The fourth-order valence-corrected chi connectivity index (χ4v) is 5.25. The molecule has 2 heterocycles. The van der Waals surface area contributed by atoms with Crippen LogP contribution in [0.15, 0.2) is 58.2 Å². The van der Waals surface area contributed by atoms with E-state index in [1.165, 1.54) is 28.6 Å². The Morgan fingerprint density at radius 2 is 1.78 bits per heavy atom. The molecule has 9 nitrogen and oxygen atoms in total. The zero-order chi connectivity index (χ0) is 22.9. The number of hydrogen-bond donors (Lipinski definition) is 1. The minimum atomic E-state index is -3.70. The van der Waals surface area contributed by atoms with Crippen molar-refractivity contribution in [2.45, 2.75) is 37.6 Å². The number of para-hydroxylation sites is 1. The first-order valence-corrected chi connectivity index (χ1v) is 11.6. The molecule has 10 heteroatoms. The summed E-state index contributed by atoms with van der Waals surface area (Å²) in [5.74, 6) is -0.435.